The van der Waals surface area contributed by atoms with Gasteiger partial charge in [0.05, 0.1) is 0 Å². The minimum absolute atomic E-state index is 0.0506. The number of phosphoric ester groups is 1. The summed E-state index contributed by atoms with van der Waals surface area (Å²) in [5.41, 5.74) is 0. The molecule has 0 unspecified atom stereocenters. The zero-order valence-electron chi connectivity index (χ0n) is 8.79. The molecule has 0 saturated carbocycles. The van der Waals surface area contributed by atoms with Gasteiger partial charge in [0.1, 0.15) is 6.73 Å². The number of carbonyl (C=O) groups excluding carboxylic acids is 1. The average Bonchev–Trinajstić information content (AvgIpc) is 2.42. The van der Waals surface area contributed by atoms with Crippen LogP contribution in [-0.4, -0.2) is 33.9 Å². The van der Waals surface area contributed by atoms with E-state index in [4.69, 9.17) is 9.79 Å². The highest BCUT2D eigenvalue weighted by Crippen LogP contribution is 2.36. The van der Waals surface area contributed by atoms with E-state index in [1.807, 2.05) is 13.8 Å². The average molecular weight is 237 g/mol. The monoisotopic (exact) mass is 237 g/mol. The van der Waals surface area contributed by atoms with E-state index in [2.05, 4.69) is 4.52 Å². The topological polar surface area (TPSA) is 87.1 Å². The Balaban J connectivity index is 2.47. The highest BCUT2D eigenvalue weighted by atomic mass is 31.2. The van der Waals surface area contributed by atoms with Gasteiger partial charge in [-0.05, 0) is 12.3 Å². The Bertz CT molecular complexity index is 287. The van der Waals surface area contributed by atoms with Gasteiger partial charge in [0.25, 0.3) is 0 Å². The van der Waals surface area contributed by atoms with Crippen LogP contribution in [0.1, 0.15) is 20.3 Å². The molecule has 2 N–H and O–H groups in total. The van der Waals surface area contributed by atoms with Gasteiger partial charge in [-0.2, -0.15) is 0 Å². The molecule has 1 rings (SSSR count). The predicted molar refractivity (Wildman–Crippen MR) is 52.7 cm³/mol. The molecule has 0 spiro atoms. The van der Waals surface area contributed by atoms with Crippen LogP contribution in [0.2, 0.25) is 0 Å². The summed E-state index contributed by atoms with van der Waals surface area (Å²) in [6.07, 6.45) is 0.723. The normalized spacial score (nSPS) is 22.9. The predicted octanol–water partition coefficient (Wildman–Crippen LogP) is 0.558. The van der Waals surface area contributed by atoms with E-state index in [0.717, 1.165) is 6.42 Å². The van der Waals surface area contributed by atoms with Gasteiger partial charge in [0.15, 0.2) is 0 Å². The van der Waals surface area contributed by atoms with Crippen molar-refractivity contribution < 1.29 is 23.7 Å². The van der Waals surface area contributed by atoms with E-state index in [1.54, 1.807) is 0 Å². The van der Waals surface area contributed by atoms with Gasteiger partial charge in [-0.25, -0.2) is 4.57 Å². The fourth-order valence-electron chi connectivity index (χ4n) is 1.65. The minimum atomic E-state index is -4.48. The molecule has 1 saturated heterocycles. The maximum Gasteiger partial charge on any atom is 0.471 e. The molecular weight excluding hydrogens is 221 g/mol. The van der Waals surface area contributed by atoms with Crippen molar-refractivity contribution in [2.45, 2.75) is 20.3 Å². The number of phosphoric acid groups is 1. The van der Waals surface area contributed by atoms with Crippen LogP contribution >= 0.6 is 7.82 Å². The Morgan fingerprint density at radius 1 is 1.60 bits per heavy atom. The SMILES string of the molecule is CC(C)[C@@H]1CCN(COP(=O)(O)O)C1=O. The quantitative estimate of drug-likeness (QED) is 0.697. The molecule has 0 aliphatic carbocycles. The lowest BCUT2D eigenvalue weighted by Gasteiger charge is -2.18. The fraction of sp³-hybridized carbons (Fsp3) is 0.875. The Labute approximate surface area is 88.5 Å². The largest absolute Gasteiger partial charge is 0.471 e. The second-order valence-electron chi connectivity index (χ2n) is 3.99. The minimum Gasteiger partial charge on any atom is -0.319 e. The van der Waals surface area contributed by atoms with Crippen LogP contribution in [0, 0.1) is 11.8 Å². The molecule has 15 heavy (non-hydrogen) atoms. The summed E-state index contributed by atoms with van der Waals surface area (Å²) < 4.78 is 14.7. The van der Waals surface area contributed by atoms with Gasteiger partial charge < -0.3 is 14.7 Å². The number of hydrogen-bond donors (Lipinski definition) is 2. The lowest BCUT2D eigenvalue weighted by molar-refractivity contribution is -0.134. The van der Waals surface area contributed by atoms with Gasteiger partial charge in [0.2, 0.25) is 5.91 Å². The Hall–Kier alpha value is -0.420. The van der Waals surface area contributed by atoms with Gasteiger partial charge in [-0.1, -0.05) is 13.8 Å². The van der Waals surface area contributed by atoms with Gasteiger partial charge in [-0.15, -0.1) is 0 Å². The molecule has 1 fully saturated rings. The van der Waals surface area contributed by atoms with Crippen LogP contribution in [0.4, 0.5) is 0 Å². The zero-order valence-corrected chi connectivity index (χ0v) is 9.68. The van der Waals surface area contributed by atoms with Crippen LogP contribution in [-0.2, 0) is 13.9 Å². The maximum atomic E-state index is 11.7. The van der Waals surface area contributed by atoms with Gasteiger partial charge in [0, 0.05) is 12.5 Å². The van der Waals surface area contributed by atoms with Crippen LogP contribution in [0.5, 0.6) is 0 Å². The molecule has 7 heteroatoms. The fourth-order valence-corrected chi connectivity index (χ4v) is 1.94. The van der Waals surface area contributed by atoms with Crippen LogP contribution in [0.25, 0.3) is 0 Å². The molecule has 1 amide bonds. The molecule has 6 nitrogen and oxygen atoms in total. The summed E-state index contributed by atoms with van der Waals surface area (Å²) in [7, 11) is -4.48. The molecule has 0 bridgehead atoms. The number of rotatable bonds is 4. The van der Waals surface area contributed by atoms with E-state index in [1.165, 1.54) is 4.90 Å². The first-order valence-electron chi connectivity index (χ1n) is 4.80. The highest BCUT2D eigenvalue weighted by Gasteiger charge is 2.34. The lowest BCUT2D eigenvalue weighted by Crippen LogP contribution is -2.30. The summed E-state index contributed by atoms with van der Waals surface area (Å²) >= 11 is 0. The van der Waals surface area contributed by atoms with Crippen molar-refractivity contribution in [2.24, 2.45) is 11.8 Å². The lowest BCUT2D eigenvalue weighted by atomic mass is 9.95. The summed E-state index contributed by atoms with van der Waals surface area (Å²) in [6, 6.07) is 0. The zero-order chi connectivity index (χ0) is 11.6. The van der Waals surface area contributed by atoms with Crippen LogP contribution < -0.4 is 0 Å². The summed E-state index contributed by atoms with van der Waals surface area (Å²) in [5.74, 6) is 0.112. The van der Waals surface area contributed by atoms with E-state index in [0.29, 0.717) is 6.54 Å². The summed E-state index contributed by atoms with van der Waals surface area (Å²) in [4.78, 5) is 30.0. The molecule has 0 aromatic rings. The Kier molecular flexibility index (Phi) is 3.89. The molecular formula is C8H16NO5P. The first-order chi connectivity index (χ1) is 6.81. The summed E-state index contributed by atoms with van der Waals surface area (Å²) in [6.45, 7) is 4.08. The third-order valence-electron chi connectivity index (χ3n) is 2.53. The Morgan fingerprint density at radius 2 is 2.20 bits per heavy atom. The third-order valence-corrected chi connectivity index (χ3v) is 2.98. The standard InChI is InChI=1S/C8H16NO5P/c1-6(2)7-3-4-9(8(7)10)5-14-15(11,12)13/h6-7H,3-5H2,1-2H3,(H2,11,12,13)/t7-/m0/s1. The molecule has 0 aromatic heterocycles. The number of nitrogens with zero attached hydrogens (tertiary/aromatic N) is 1. The van der Waals surface area contributed by atoms with Crippen molar-refractivity contribution in [3.63, 3.8) is 0 Å². The number of hydrogen-bond acceptors (Lipinski definition) is 3. The summed E-state index contributed by atoms with van der Waals surface area (Å²) in [5, 5.41) is 0. The molecule has 0 radical (unpaired) electrons. The van der Waals surface area contributed by atoms with Crippen molar-refractivity contribution in [1.82, 2.24) is 4.90 Å². The maximum absolute atomic E-state index is 11.7. The van der Waals surface area contributed by atoms with Crippen LogP contribution in [0.15, 0.2) is 0 Å². The second kappa shape index (κ2) is 4.61. The van der Waals surface area contributed by atoms with Crippen molar-refractivity contribution in [2.75, 3.05) is 13.3 Å². The first-order valence-corrected chi connectivity index (χ1v) is 6.33. The molecule has 88 valence electrons. The van der Waals surface area contributed by atoms with Crippen molar-refractivity contribution in [3.8, 4) is 0 Å². The number of carbonyl (C=O) groups is 1. The van der Waals surface area contributed by atoms with Crippen LogP contribution in [0.3, 0.4) is 0 Å². The molecule has 1 aliphatic heterocycles. The van der Waals surface area contributed by atoms with Crippen molar-refractivity contribution in [3.05, 3.63) is 0 Å². The molecule has 1 aliphatic rings. The molecule has 0 aromatic carbocycles. The smallest absolute Gasteiger partial charge is 0.319 e. The molecule has 1 atom stereocenters. The first kappa shape index (κ1) is 12.6. The highest BCUT2D eigenvalue weighted by molar-refractivity contribution is 7.46. The van der Waals surface area contributed by atoms with E-state index in [9.17, 15) is 9.36 Å². The van der Waals surface area contributed by atoms with E-state index in [-0.39, 0.29) is 24.5 Å². The van der Waals surface area contributed by atoms with E-state index < -0.39 is 7.82 Å². The van der Waals surface area contributed by atoms with Crippen molar-refractivity contribution in [1.29, 1.82) is 0 Å². The van der Waals surface area contributed by atoms with Crippen molar-refractivity contribution >= 4 is 13.7 Å². The third kappa shape index (κ3) is 3.57. The Morgan fingerprint density at radius 3 is 2.60 bits per heavy atom. The molecule has 1 heterocycles. The second-order valence-corrected chi connectivity index (χ2v) is 5.23. The van der Waals surface area contributed by atoms with Gasteiger partial charge >= 0.3 is 7.82 Å². The number of likely N-dealkylation sites (tertiary alicyclic amines) is 1. The number of amides is 1. The van der Waals surface area contributed by atoms with E-state index >= 15 is 0 Å². The van der Waals surface area contributed by atoms with Gasteiger partial charge in [-0.3, -0.25) is 9.32 Å².